The molecule has 2 aliphatic heterocycles. The summed E-state index contributed by atoms with van der Waals surface area (Å²) in [6.07, 6.45) is 6.57. The van der Waals surface area contributed by atoms with Crippen LogP contribution in [-0.2, 0) is 11.3 Å². The van der Waals surface area contributed by atoms with Gasteiger partial charge >= 0.3 is 0 Å². The van der Waals surface area contributed by atoms with E-state index >= 15 is 0 Å². The SMILES string of the molecule is COc1ccc(N2CCCN(CC3CCN(C(=O)[C@H](C)Cn4cncn4)CC3)CC2)cc1. The largest absolute Gasteiger partial charge is 0.497 e. The van der Waals surface area contributed by atoms with Crippen molar-refractivity contribution >= 4 is 11.6 Å². The number of nitrogens with zero attached hydrogens (tertiary/aromatic N) is 6. The van der Waals surface area contributed by atoms with Crippen LogP contribution < -0.4 is 9.64 Å². The number of piperidine rings is 1. The van der Waals surface area contributed by atoms with Crippen LogP contribution in [0.5, 0.6) is 5.75 Å². The quantitative estimate of drug-likeness (QED) is 0.659. The molecule has 2 saturated heterocycles. The monoisotopic (exact) mass is 440 g/mol. The number of hydrogen-bond donors (Lipinski definition) is 0. The zero-order chi connectivity index (χ0) is 22.3. The van der Waals surface area contributed by atoms with Gasteiger partial charge in [-0.3, -0.25) is 9.48 Å². The predicted molar refractivity (Wildman–Crippen MR) is 125 cm³/mol. The van der Waals surface area contributed by atoms with Gasteiger partial charge in [-0.05, 0) is 56.0 Å². The fourth-order valence-electron chi connectivity index (χ4n) is 4.90. The van der Waals surface area contributed by atoms with Crippen LogP contribution in [0.4, 0.5) is 5.69 Å². The van der Waals surface area contributed by atoms with Gasteiger partial charge in [0.05, 0.1) is 19.6 Å². The van der Waals surface area contributed by atoms with E-state index in [4.69, 9.17) is 4.74 Å². The summed E-state index contributed by atoms with van der Waals surface area (Å²) in [7, 11) is 1.71. The van der Waals surface area contributed by atoms with E-state index in [1.807, 2.05) is 24.0 Å². The normalized spacial score (nSPS) is 19.6. The van der Waals surface area contributed by atoms with Gasteiger partial charge in [-0.1, -0.05) is 6.92 Å². The van der Waals surface area contributed by atoms with Crippen LogP contribution >= 0.6 is 0 Å². The molecule has 8 nitrogen and oxygen atoms in total. The number of aromatic nitrogens is 3. The highest BCUT2D eigenvalue weighted by molar-refractivity contribution is 5.78. The van der Waals surface area contributed by atoms with Crippen LogP contribution in [0, 0.1) is 11.8 Å². The number of hydrogen-bond acceptors (Lipinski definition) is 6. The molecule has 1 aromatic carbocycles. The molecule has 0 unspecified atom stereocenters. The number of rotatable bonds is 7. The van der Waals surface area contributed by atoms with E-state index < -0.39 is 0 Å². The molecule has 2 aliphatic rings. The van der Waals surface area contributed by atoms with Gasteiger partial charge in [0.15, 0.2) is 0 Å². The molecule has 1 amide bonds. The van der Waals surface area contributed by atoms with Crippen LogP contribution in [0.3, 0.4) is 0 Å². The summed E-state index contributed by atoms with van der Waals surface area (Å²) in [4.78, 5) is 23.9. The topological polar surface area (TPSA) is 66.7 Å². The first-order valence-electron chi connectivity index (χ1n) is 11.8. The smallest absolute Gasteiger partial charge is 0.227 e. The average Bonchev–Trinajstić information content (AvgIpc) is 3.23. The Morgan fingerprint density at radius 2 is 1.88 bits per heavy atom. The predicted octanol–water partition coefficient (Wildman–Crippen LogP) is 2.37. The molecule has 8 heteroatoms. The highest BCUT2D eigenvalue weighted by atomic mass is 16.5. The Labute approximate surface area is 191 Å². The molecule has 0 N–H and O–H groups in total. The second-order valence-corrected chi connectivity index (χ2v) is 9.13. The molecule has 174 valence electrons. The highest BCUT2D eigenvalue weighted by Crippen LogP contribution is 2.23. The fraction of sp³-hybridized carbons (Fsp3) is 0.625. The van der Waals surface area contributed by atoms with Crippen LogP contribution in [-0.4, -0.2) is 83.4 Å². The maximum Gasteiger partial charge on any atom is 0.227 e. The Morgan fingerprint density at radius 1 is 1.09 bits per heavy atom. The summed E-state index contributed by atoms with van der Waals surface area (Å²) >= 11 is 0. The average molecular weight is 441 g/mol. The van der Waals surface area contributed by atoms with Crippen molar-refractivity contribution in [3.63, 3.8) is 0 Å². The van der Waals surface area contributed by atoms with Crippen molar-refractivity contribution in [1.29, 1.82) is 0 Å². The van der Waals surface area contributed by atoms with Crippen LogP contribution in [0.15, 0.2) is 36.9 Å². The number of benzene rings is 1. The third-order valence-electron chi connectivity index (χ3n) is 6.82. The zero-order valence-corrected chi connectivity index (χ0v) is 19.4. The molecule has 0 saturated carbocycles. The molecule has 2 aromatic rings. The molecule has 1 aromatic heterocycles. The lowest BCUT2D eigenvalue weighted by atomic mass is 9.95. The Bertz CT molecular complexity index is 833. The number of amides is 1. The maximum absolute atomic E-state index is 12.8. The highest BCUT2D eigenvalue weighted by Gasteiger charge is 2.27. The third-order valence-corrected chi connectivity index (χ3v) is 6.82. The second kappa shape index (κ2) is 10.8. The van der Waals surface area contributed by atoms with Gasteiger partial charge in [0.1, 0.15) is 18.4 Å². The summed E-state index contributed by atoms with van der Waals surface area (Å²) in [6.45, 7) is 9.88. The number of carbonyl (C=O) groups excluding carboxylic acids is 1. The molecule has 0 aliphatic carbocycles. The van der Waals surface area contributed by atoms with E-state index in [1.165, 1.54) is 18.4 Å². The van der Waals surface area contributed by atoms with Gasteiger partial charge in [-0.25, -0.2) is 4.98 Å². The minimum absolute atomic E-state index is 0.0669. The molecule has 1 atom stereocenters. The zero-order valence-electron chi connectivity index (χ0n) is 19.4. The van der Waals surface area contributed by atoms with E-state index in [0.717, 1.165) is 64.4 Å². The fourth-order valence-corrected chi connectivity index (χ4v) is 4.90. The van der Waals surface area contributed by atoms with E-state index in [-0.39, 0.29) is 11.8 Å². The lowest BCUT2D eigenvalue weighted by Crippen LogP contribution is -2.44. The van der Waals surface area contributed by atoms with Gasteiger partial charge in [0, 0.05) is 45.0 Å². The standard InChI is InChI=1S/C24H36N6O2/c1-20(16-30-19-25-18-26-30)24(31)29-12-8-21(9-13-29)17-27-10-3-11-28(15-14-27)22-4-6-23(32-2)7-5-22/h4-7,18-21H,3,8-17H2,1-2H3/t20-/m1/s1. The minimum atomic E-state index is -0.0669. The van der Waals surface area contributed by atoms with Crippen molar-refractivity contribution in [2.24, 2.45) is 11.8 Å². The number of anilines is 1. The van der Waals surface area contributed by atoms with Gasteiger partial charge in [0.2, 0.25) is 5.91 Å². The number of ether oxygens (including phenoxy) is 1. The van der Waals surface area contributed by atoms with E-state index in [0.29, 0.717) is 12.5 Å². The second-order valence-electron chi connectivity index (χ2n) is 9.13. The molecular weight excluding hydrogens is 404 g/mol. The van der Waals surface area contributed by atoms with Crippen molar-refractivity contribution in [2.75, 3.05) is 57.8 Å². The van der Waals surface area contributed by atoms with Crippen LogP contribution in [0.2, 0.25) is 0 Å². The molecule has 0 radical (unpaired) electrons. The van der Waals surface area contributed by atoms with E-state index in [1.54, 1.807) is 18.1 Å². The lowest BCUT2D eigenvalue weighted by molar-refractivity contribution is -0.137. The molecule has 32 heavy (non-hydrogen) atoms. The van der Waals surface area contributed by atoms with Crippen LogP contribution in [0.1, 0.15) is 26.2 Å². The minimum Gasteiger partial charge on any atom is -0.497 e. The third kappa shape index (κ3) is 5.79. The Morgan fingerprint density at radius 3 is 2.56 bits per heavy atom. The molecule has 2 fully saturated rings. The number of likely N-dealkylation sites (tertiary alicyclic amines) is 1. The van der Waals surface area contributed by atoms with Crippen LogP contribution in [0.25, 0.3) is 0 Å². The van der Waals surface area contributed by atoms with Gasteiger partial charge in [-0.2, -0.15) is 5.10 Å². The Hall–Kier alpha value is -2.61. The summed E-state index contributed by atoms with van der Waals surface area (Å²) in [5, 5.41) is 4.12. The molecular formula is C24H36N6O2. The first-order valence-corrected chi connectivity index (χ1v) is 11.8. The molecule has 3 heterocycles. The first kappa shape index (κ1) is 22.6. The number of methoxy groups -OCH3 is 1. The Kier molecular flexibility index (Phi) is 7.63. The van der Waals surface area contributed by atoms with Crippen molar-refractivity contribution in [3.8, 4) is 5.75 Å². The molecule has 4 rings (SSSR count). The Balaban J connectivity index is 1.20. The summed E-state index contributed by atoms with van der Waals surface area (Å²) in [5.74, 6) is 1.76. The molecule has 0 bridgehead atoms. The first-order chi connectivity index (χ1) is 15.6. The van der Waals surface area contributed by atoms with Crippen molar-refractivity contribution in [2.45, 2.75) is 32.7 Å². The molecule has 0 spiro atoms. The lowest BCUT2D eigenvalue weighted by Gasteiger charge is -2.35. The summed E-state index contributed by atoms with van der Waals surface area (Å²) in [5.41, 5.74) is 1.28. The van der Waals surface area contributed by atoms with E-state index in [9.17, 15) is 4.79 Å². The van der Waals surface area contributed by atoms with Gasteiger partial charge in [-0.15, -0.1) is 0 Å². The van der Waals surface area contributed by atoms with Crippen molar-refractivity contribution in [1.82, 2.24) is 24.6 Å². The maximum atomic E-state index is 12.8. The summed E-state index contributed by atoms with van der Waals surface area (Å²) in [6, 6.07) is 8.40. The number of carbonyl (C=O) groups is 1. The van der Waals surface area contributed by atoms with Gasteiger partial charge < -0.3 is 19.4 Å². The van der Waals surface area contributed by atoms with Gasteiger partial charge in [0.25, 0.3) is 0 Å². The van der Waals surface area contributed by atoms with Crippen molar-refractivity contribution < 1.29 is 9.53 Å². The van der Waals surface area contributed by atoms with Crippen molar-refractivity contribution in [3.05, 3.63) is 36.9 Å². The summed E-state index contributed by atoms with van der Waals surface area (Å²) < 4.78 is 7.02. The van der Waals surface area contributed by atoms with E-state index in [2.05, 4.69) is 32.0 Å².